The van der Waals surface area contributed by atoms with E-state index in [-0.39, 0.29) is 24.5 Å². The molecule has 0 aromatic heterocycles. The van der Waals surface area contributed by atoms with Gasteiger partial charge >= 0.3 is 0 Å². The molecule has 1 N–H and O–H groups in total. The number of ketones is 1. The summed E-state index contributed by atoms with van der Waals surface area (Å²) in [5.41, 5.74) is 0.777. The Morgan fingerprint density at radius 3 is 2.54 bits per heavy atom. The fourth-order valence-electron chi connectivity index (χ4n) is 3.08. The number of ether oxygens (including phenoxy) is 1. The molecule has 26 heavy (non-hydrogen) atoms. The Labute approximate surface area is 150 Å². The number of methoxy groups -OCH3 is 1. The van der Waals surface area contributed by atoms with Gasteiger partial charge in [0.2, 0.25) is 0 Å². The van der Waals surface area contributed by atoms with Crippen LogP contribution in [0.4, 0.5) is 4.39 Å². The Balaban J connectivity index is 2.16. The molecule has 2 aromatic rings. The van der Waals surface area contributed by atoms with Crippen molar-refractivity contribution in [2.75, 3.05) is 20.3 Å². The van der Waals surface area contributed by atoms with Crippen LogP contribution in [-0.2, 0) is 14.3 Å². The van der Waals surface area contributed by atoms with Crippen LogP contribution in [0.15, 0.2) is 60.2 Å². The first kappa shape index (κ1) is 17.8. The van der Waals surface area contributed by atoms with Gasteiger partial charge in [0.1, 0.15) is 11.6 Å². The average molecular weight is 355 g/mol. The van der Waals surface area contributed by atoms with Crippen LogP contribution in [0.25, 0.3) is 5.76 Å². The maximum Gasteiger partial charge on any atom is 0.295 e. The van der Waals surface area contributed by atoms with Gasteiger partial charge in [0.15, 0.2) is 0 Å². The van der Waals surface area contributed by atoms with Gasteiger partial charge < -0.3 is 14.7 Å². The van der Waals surface area contributed by atoms with Gasteiger partial charge in [-0.3, -0.25) is 9.59 Å². The van der Waals surface area contributed by atoms with Crippen LogP contribution in [0, 0.1) is 5.82 Å². The van der Waals surface area contributed by atoms with Crippen molar-refractivity contribution >= 4 is 17.4 Å². The topological polar surface area (TPSA) is 66.8 Å². The zero-order valence-corrected chi connectivity index (χ0v) is 14.2. The van der Waals surface area contributed by atoms with Gasteiger partial charge in [-0.25, -0.2) is 4.39 Å². The molecule has 1 aliphatic rings. The number of amides is 1. The first-order valence-corrected chi connectivity index (χ1v) is 8.13. The van der Waals surface area contributed by atoms with Crippen LogP contribution in [0.2, 0.25) is 0 Å². The predicted octanol–water partition coefficient (Wildman–Crippen LogP) is 2.89. The number of rotatable bonds is 5. The van der Waals surface area contributed by atoms with Gasteiger partial charge in [0, 0.05) is 19.2 Å². The fourth-order valence-corrected chi connectivity index (χ4v) is 3.08. The third-order valence-corrected chi connectivity index (χ3v) is 4.29. The third kappa shape index (κ3) is 3.23. The Bertz CT molecular complexity index is 863. The number of carbonyl (C=O) groups excluding carboxylic acids is 2. The van der Waals surface area contributed by atoms with Crippen molar-refractivity contribution < 1.29 is 23.8 Å². The molecule has 1 saturated heterocycles. The van der Waals surface area contributed by atoms with Crippen molar-refractivity contribution in [2.24, 2.45) is 0 Å². The third-order valence-electron chi connectivity index (χ3n) is 4.29. The van der Waals surface area contributed by atoms with E-state index in [4.69, 9.17) is 4.74 Å². The summed E-state index contributed by atoms with van der Waals surface area (Å²) in [5.74, 6) is -2.30. The largest absolute Gasteiger partial charge is 0.507 e. The summed E-state index contributed by atoms with van der Waals surface area (Å²) in [6.45, 7) is 0.359. The van der Waals surface area contributed by atoms with Crippen LogP contribution in [0.3, 0.4) is 0 Å². The summed E-state index contributed by atoms with van der Waals surface area (Å²) >= 11 is 0. The summed E-state index contributed by atoms with van der Waals surface area (Å²) in [7, 11) is 1.48. The lowest BCUT2D eigenvalue weighted by Crippen LogP contribution is -2.32. The van der Waals surface area contributed by atoms with Crippen LogP contribution in [0.5, 0.6) is 0 Å². The SMILES string of the molecule is COCCN1C(=O)C(=O)C(=C(O)c2ccccc2)[C@@H]1c1cccc(F)c1. The molecule has 3 rings (SSSR count). The van der Waals surface area contributed by atoms with Gasteiger partial charge in [0.25, 0.3) is 11.7 Å². The standard InChI is InChI=1S/C20H18FNO4/c1-26-11-10-22-17(14-8-5-9-15(21)12-14)16(19(24)20(22)25)18(23)13-6-3-2-4-7-13/h2-9,12,17,23H,10-11H2,1H3/t17-/m0/s1. The van der Waals surface area contributed by atoms with Gasteiger partial charge in [-0.1, -0.05) is 42.5 Å². The molecular weight excluding hydrogens is 337 g/mol. The maximum atomic E-state index is 13.8. The first-order chi connectivity index (χ1) is 12.5. The number of hydrogen-bond acceptors (Lipinski definition) is 4. The van der Waals surface area contributed by atoms with Crippen LogP contribution < -0.4 is 0 Å². The van der Waals surface area contributed by atoms with Crippen molar-refractivity contribution in [3.63, 3.8) is 0 Å². The lowest BCUT2D eigenvalue weighted by atomic mass is 9.95. The smallest absolute Gasteiger partial charge is 0.295 e. The second-order valence-electron chi connectivity index (χ2n) is 5.91. The Kier molecular flexibility index (Phi) is 5.14. The highest BCUT2D eigenvalue weighted by molar-refractivity contribution is 6.46. The highest BCUT2D eigenvalue weighted by Gasteiger charge is 2.45. The second kappa shape index (κ2) is 7.49. The van der Waals surface area contributed by atoms with Crippen LogP contribution in [0.1, 0.15) is 17.2 Å². The Hall–Kier alpha value is -2.99. The van der Waals surface area contributed by atoms with Crippen molar-refractivity contribution in [3.8, 4) is 0 Å². The van der Waals surface area contributed by atoms with E-state index in [2.05, 4.69) is 0 Å². The van der Waals surface area contributed by atoms with Crippen LogP contribution in [-0.4, -0.2) is 42.0 Å². The monoisotopic (exact) mass is 355 g/mol. The second-order valence-corrected chi connectivity index (χ2v) is 5.91. The molecule has 1 heterocycles. The van der Waals surface area contributed by atoms with E-state index in [1.165, 1.54) is 30.2 Å². The van der Waals surface area contributed by atoms with Crippen molar-refractivity contribution in [1.29, 1.82) is 0 Å². The molecule has 0 unspecified atom stereocenters. The van der Waals surface area contributed by atoms with Gasteiger partial charge in [-0.15, -0.1) is 0 Å². The number of likely N-dealkylation sites (tertiary alicyclic amines) is 1. The molecule has 2 aromatic carbocycles. The van der Waals surface area contributed by atoms with E-state index >= 15 is 0 Å². The lowest BCUT2D eigenvalue weighted by molar-refractivity contribution is -0.140. The van der Waals surface area contributed by atoms with Crippen molar-refractivity contribution in [2.45, 2.75) is 6.04 Å². The maximum absolute atomic E-state index is 13.8. The molecule has 0 spiro atoms. The summed E-state index contributed by atoms with van der Waals surface area (Å²) in [6.07, 6.45) is 0. The molecule has 0 bridgehead atoms. The quantitative estimate of drug-likeness (QED) is 0.509. The Morgan fingerprint density at radius 1 is 1.15 bits per heavy atom. The molecule has 0 radical (unpaired) electrons. The minimum atomic E-state index is -0.874. The summed E-state index contributed by atoms with van der Waals surface area (Å²) in [6, 6.07) is 13.3. The number of carbonyl (C=O) groups is 2. The normalized spacial score (nSPS) is 19.2. The van der Waals surface area contributed by atoms with E-state index in [1.807, 2.05) is 0 Å². The number of Topliss-reactive ketones (excluding diaryl/α,β-unsaturated/α-hetero) is 1. The molecule has 1 amide bonds. The number of aliphatic hydroxyl groups excluding tert-OH is 1. The minimum Gasteiger partial charge on any atom is -0.507 e. The summed E-state index contributed by atoms with van der Waals surface area (Å²) in [5, 5.41) is 10.7. The van der Waals surface area contributed by atoms with Gasteiger partial charge in [-0.2, -0.15) is 0 Å². The number of aliphatic hydroxyl groups is 1. The van der Waals surface area contributed by atoms with E-state index < -0.39 is 23.5 Å². The molecule has 6 heteroatoms. The van der Waals surface area contributed by atoms with E-state index in [9.17, 15) is 19.1 Å². The number of halogens is 1. The lowest BCUT2D eigenvalue weighted by Gasteiger charge is -2.25. The summed E-state index contributed by atoms with van der Waals surface area (Å²) < 4.78 is 18.8. The first-order valence-electron chi connectivity index (χ1n) is 8.13. The molecule has 0 saturated carbocycles. The zero-order valence-electron chi connectivity index (χ0n) is 14.2. The number of nitrogens with zero attached hydrogens (tertiary/aromatic N) is 1. The predicted molar refractivity (Wildman–Crippen MR) is 93.7 cm³/mol. The van der Waals surface area contributed by atoms with Crippen LogP contribution >= 0.6 is 0 Å². The number of hydrogen-bond donors (Lipinski definition) is 1. The molecule has 134 valence electrons. The molecule has 0 aliphatic carbocycles. The van der Waals surface area contributed by atoms with Crippen molar-refractivity contribution in [3.05, 3.63) is 77.1 Å². The van der Waals surface area contributed by atoms with Gasteiger partial charge in [0.05, 0.1) is 18.2 Å². The zero-order chi connectivity index (χ0) is 18.7. The van der Waals surface area contributed by atoms with Crippen molar-refractivity contribution in [1.82, 2.24) is 4.90 Å². The van der Waals surface area contributed by atoms with E-state index in [1.54, 1.807) is 36.4 Å². The molecular formula is C20H18FNO4. The van der Waals surface area contributed by atoms with Gasteiger partial charge in [-0.05, 0) is 17.7 Å². The molecule has 1 atom stereocenters. The number of benzene rings is 2. The molecule has 5 nitrogen and oxygen atoms in total. The highest BCUT2D eigenvalue weighted by Crippen LogP contribution is 2.39. The highest BCUT2D eigenvalue weighted by atomic mass is 19.1. The minimum absolute atomic E-state index is 0.0529. The molecule has 1 fully saturated rings. The Morgan fingerprint density at radius 2 is 1.88 bits per heavy atom. The fraction of sp³-hybridized carbons (Fsp3) is 0.200. The van der Waals surface area contributed by atoms with E-state index in [0.29, 0.717) is 11.1 Å². The molecule has 1 aliphatic heterocycles. The summed E-state index contributed by atoms with van der Waals surface area (Å²) in [4.78, 5) is 26.4. The average Bonchev–Trinajstić information content (AvgIpc) is 2.91. The van der Waals surface area contributed by atoms with E-state index in [0.717, 1.165) is 0 Å².